The Balaban J connectivity index is 2.05. The van der Waals surface area contributed by atoms with Gasteiger partial charge in [-0.15, -0.1) is 0 Å². The zero-order valence-electron chi connectivity index (χ0n) is 13.3. The fourth-order valence-electron chi connectivity index (χ4n) is 4.49. The van der Waals surface area contributed by atoms with Gasteiger partial charge < -0.3 is 0 Å². The van der Waals surface area contributed by atoms with Gasteiger partial charge in [0.15, 0.2) is 5.16 Å². The highest BCUT2D eigenvalue weighted by atomic mass is 31.1. The van der Waals surface area contributed by atoms with Crippen LogP contribution in [-0.2, 0) is 4.57 Å². The van der Waals surface area contributed by atoms with E-state index in [-0.39, 0.29) is 13.6 Å². The summed E-state index contributed by atoms with van der Waals surface area (Å²) in [7, 11) is -0.0601. The minimum Gasteiger partial charge on any atom is -0.0768 e. The minimum absolute atomic E-state index is 0.0601. The van der Waals surface area contributed by atoms with Gasteiger partial charge in [0.05, 0.1) is 0 Å². The molecule has 0 N–H and O–H groups in total. The van der Waals surface area contributed by atoms with Crippen molar-refractivity contribution >= 4 is 8.46 Å². The molecule has 2 fully saturated rings. The molecule has 0 aliphatic heterocycles. The topological polar surface area (TPSA) is 17.1 Å². The van der Waals surface area contributed by atoms with E-state index >= 15 is 0 Å². The van der Waals surface area contributed by atoms with Crippen LogP contribution < -0.4 is 0 Å². The highest BCUT2D eigenvalue weighted by Gasteiger charge is 2.45. The van der Waals surface area contributed by atoms with E-state index < -0.39 is 0 Å². The molecule has 1 atom stereocenters. The van der Waals surface area contributed by atoms with Crippen LogP contribution in [0.2, 0.25) is 0 Å². The van der Waals surface area contributed by atoms with Gasteiger partial charge in [-0.25, -0.2) is 0 Å². The molecule has 0 aromatic carbocycles. The molecule has 0 amide bonds. The molecule has 2 aliphatic carbocycles. The summed E-state index contributed by atoms with van der Waals surface area (Å²) < 4.78 is 12.2. The third-order valence-electron chi connectivity index (χ3n) is 5.84. The predicted molar refractivity (Wildman–Crippen MR) is 89.1 cm³/mol. The Morgan fingerprint density at radius 1 is 0.600 bits per heavy atom. The monoisotopic (exact) mass is 297 g/mol. The molecular formula is C18H34OP+. The molecule has 2 heteroatoms. The van der Waals surface area contributed by atoms with E-state index in [2.05, 4.69) is 0 Å². The lowest BCUT2D eigenvalue weighted by Crippen LogP contribution is -2.32. The maximum absolute atomic E-state index is 12.2. The molecule has 0 aromatic heterocycles. The van der Waals surface area contributed by atoms with E-state index in [1.807, 2.05) is 0 Å². The van der Waals surface area contributed by atoms with Gasteiger partial charge in [0.1, 0.15) is 0 Å². The van der Waals surface area contributed by atoms with E-state index in [1.54, 1.807) is 0 Å². The summed E-state index contributed by atoms with van der Waals surface area (Å²) in [4.78, 5) is 0. The van der Waals surface area contributed by atoms with Crippen LogP contribution in [-0.4, -0.2) is 5.16 Å². The van der Waals surface area contributed by atoms with Crippen LogP contribution in [0, 0.1) is 5.92 Å². The minimum atomic E-state index is -0.0601. The number of hydrogen-bond acceptors (Lipinski definition) is 1. The second kappa shape index (κ2) is 9.19. The lowest BCUT2D eigenvalue weighted by atomic mass is 9.78. The standard InChI is InChI=1S/C18H33OP/c19-20-18(15-11-7-3-4-8-12-16-18)17-13-9-5-1-2-6-10-14-17/h17H,1-16H2/p+1. The predicted octanol–water partition coefficient (Wildman–Crippen LogP) is 6.63. The summed E-state index contributed by atoms with van der Waals surface area (Å²) in [5, 5.41) is 0.203. The van der Waals surface area contributed by atoms with Crippen LogP contribution in [0.15, 0.2) is 0 Å². The first-order valence-electron chi connectivity index (χ1n) is 9.27. The molecule has 0 spiro atoms. The van der Waals surface area contributed by atoms with Crippen LogP contribution in [0.4, 0.5) is 0 Å². The average Bonchev–Trinajstić information content (AvgIpc) is 2.69. The quantitative estimate of drug-likeness (QED) is 0.522. The third-order valence-corrected chi connectivity index (χ3v) is 7.15. The first kappa shape index (κ1) is 16.5. The zero-order valence-corrected chi connectivity index (χ0v) is 14.3. The Bertz CT molecular complexity index is 257. The molecule has 0 heterocycles. The van der Waals surface area contributed by atoms with Crippen LogP contribution in [0.25, 0.3) is 0 Å². The first-order chi connectivity index (χ1) is 9.87. The van der Waals surface area contributed by atoms with Crippen molar-refractivity contribution in [2.45, 2.75) is 108 Å². The van der Waals surface area contributed by atoms with Crippen molar-refractivity contribution in [3.8, 4) is 0 Å². The summed E-state index contributed by atoms with van der Waals surface area (Å²) in [6.07, 6.45) is 21.9. The smallest absolute Gasteiger partial charge is 0.0768 e. The molecule has 1 unspecified atom stereocenters. The Morgan fingerprint density at radius 3 is 1.45 bits per heavy atom. The van der Waals surface area contributed by atoms with E-state index in [9.17, 15) is 4.57 Å². The number of rotatable bonds is 2. The maximum atomic E-state index is 12.2. The van der Waals surface area contributed by atoms with E-state index in [1.165, 1.54) is 103 Å². The van der Waals surface area contributed by atoms with Crippen LogP contribution in [0.5, 0.6) is 0 Å². The molecule has 116 valence electrons. The molecule has 0 radical (unpaired) electrons. The highest BCUT2D eigenvalue weighted by Crippen LogP contribution is 2.47. The molecule has 1 nitrogen and oxygen atoms in total. The van der Waals surface area contributed by atoms with Crippen molar-refractivity contribution in [2.24, 2.45) is 5.92 Å². The average molecular weight is 297 g/mol. The summed E-state index contributed by atoms with van der Waals surface area (Å²) >= 11 is 0. The Kier molecular flexibility index (Phi) is 7.56. The SMILES string of the molecule is O=[PH+]C1(C2CCCCCCCC2)CCCCCCCC1. The molecule has 0 aromatic rings. The highest BCUT2D eigenvalue weighted by molar-refractivity contribution is 7.26. The van der Waals surface area contributed by atoms with E-state index in [0.29, 0.717) is 0 Å². The van der Waals surface area contributed by atoms with Gasteiger partial charge in [0.25, 0.3) is 0 Å². The summed E-state index contributed by atoms with van der Waals surface area (Å²) in [5.74, 6) is 0.759. The molecule has 2 saturated carbocycles. The van der Waals surface area contributed by atoms with Gasteiger partial charge in [-0.05, 0) is 38.5 Å². The molecule has 2 rings (SSSR count). The van der Waals surface area contributed by atoms with Gasteiger partial charge in [0, 0.05) is 5.92 Å². The van der Waals surface area contributed by atoms with Gasteiger partial charge in [-0.3, -0.25) is 0 Å². The van der Waals surface area contributed by atoms with E-state index in [0.717, 1.165) is 5.92 Å². The lowest BCUT2D eigenvalue weighted by Gasteiger charge is -2.30. The summed E-state index contributed by atoms with van der Waals surface area (Å²) in [5.41, 5.74) is 0. The van der Waals surface area contributed by atoms with Gasteiger partial charge in [0.2, 0.25) is 0 Å². The summed E-state index contributed by atoms with van der Waals surface area (Å²) in [6, 6.07) is 0. The van der Waals surface area contributed by atoms with Crippen LogP contribution >= 0.6 is 8.46 Å². The lowest BCUT2D eigenvalue weighted by molar-refractivity contribution is 0.274. The fraction of sp³-hybridized carbons (Fsp3) is 1.00. The van der Waals surface area contributed by atoms with Crippen molar-refractivity contribution in [2.75, 3.05) is 0 Å². The largest absolute Gasteiger partial charge is 0.331 e. The van der Waals surface area contributed by atoms with Crippen molar-refractivity contribution in [3.05, 3.63) is 0 Å². The van der Waals surface area contributed by atoms with Gasteiger partial charge in [-0.1, -0.05) is 68.8 Å². The fourth-order valence-corrected chi connectivity index (χ4v) is 5.51. The summed E-state index contributed by atoms with van der Waals surface area (Å²) in [6.45, 7) is 0. The number of hydrogen-bond donors (Lipinski definition) is 0. The van der Waals surface area contributed by atoms with Gasteiger partial charge in [-0.2, -0.15) is 0 Å². The van der Waals surface area contributed by atoms with Crippen LogP contribution in [0.1, 0.15) is 103 Å². The first-order valence-corrected chi connectivity index (χ1v) is 10.2. The second-order valence-electron chi connectivity index (χ2n) is 7.28. The normalized spacial score (nSPS) is 27.6. The molecule has 0 bridgehead atoms. The van der Waals surface area contributed by atoms with Crippen molar-refractivity contribution < 1.29 is 4.57 Å². The van der Waals surface area contributed by atoms with Crippen LogP contribution in [0.3, 0.4) is 0 Å². The van der Waals surface area contributed by atoms with Crippen molar-refractivity contribution in [1.29, 1.82) is 0 Å². The molecular weight excluding hydrogens is 263 g/mol. The Hall–Kier alpha value is 0.100. The third kappa shape index (κ3) is 4.83. The van der Waals surface area contributed by atoms with Crippen molar-refractivity contribution in [3.63, 3.8) is 0 Å². The maximum Gasteiger partial charge on any atom is 0.331 e. The van der Waals surface area contributed by atoms with Gasteiger partial charge >= 0.3 is 8.46 Å². The van der Waals surface area contributed by atoms with Crippen molar-refractivity contribution in [1.82, 2.24) is 0 Å². The Labute approximate surface area is 127 Å². The van der Waals surface area contributed by atoms with E-state index in [4.69, 9.17) is 0 Å². The molecule has 0 saturated heterocycles. The molecule has 20 heavy (non-hydrogen) atoms. The second-order valence-corrected chi connectivity index (χ2v) is 8.48. The zero-order chi connectivity index (χ0) is 14.1. The molecule has 2 aliphatic rings. The Morgan fingerprint density at radius 2 is 1.00 bits per heavy atom.